The molecule has 3 nitrogen and oxygen atoms in total. The lowest BCUT2D eigenvalue weighted by Gasteiger charge is -2.10. The summed E-state index contributed by atoms with van der Waals surface area (Å²) in [6, 6.07) is 5.70. The minimum atomic E-state index is -4.83. The molecule has 2 rings (SSSR count). The van der Waals surface area contributed by atoms with Gasteiger partial charge < -0.3 is 9.72 Å². The molecule has 1 aromatic carbocycles. The molecule has 0 amide bonds. The Labute approximate surface area is 104 Å². The van der Waals surface area contributed by atoms with E-state index >= 15 is 0 Å². The van der Waals surface area contributed by atoms with Gasteiger partial charge in [-0.2, -0.15) is 0 Å². The van der Waals surface area contributed by atoms with Gasteiger partial charge in [0.05, 0.1) is 0 Å². The summed E-state index contributed by atoms with van der Waals surface area (Å²) in [6.07, 6.45) is -3.99. The van der Waals surface area contributed by atoms with E-state index < -0.39 is 23.5 Å². The van der Waals surface area contributed by atoms with Crippen molar-refractivity contribution in [3.8, 4) is 16.9 Å². The average molecular weight is 273 g/mol. The van der Waals surface area contributed by atoms with Crippen LogP contribution >= 0.6 is 0 Å². The summed E-state index contributed by atoms with van der Waals surface area (Å²) < 4.78 is 53.4. The number of halogens is 4. The fourth-order valence-electron chi connectivity index (χ4n) is 1.54. The molecule has 1 heterocycles. The van der Waals surface area contributed by atoms with Crippen LogP contribution < -0.4 is 10.3 Å². The van der Waals surface area contributed by atoms with E-state index in [9.17, 15) is 22.4 Å². The first-order valence-corrected chi connectivity index (χ1v) is 5.09. The van der Waals surface area contributed by atoms with Crippen molar-refractivity contribution in [2.45, 2.75) is 6.36 Å². The highest BCUT2D eigenvalue weighted by Crippen LogP contribution is 2.28. The van der Waals surface area contributed by atoms with Gasteiger partial charge in [-0.15, -0.1) is 13.2 Å². The Balaban J connectivity index is 2.43. The summed E-state index contributed by atoms with van der Waals surface area (Å²) in [5, 5.41) is 0. The van der Waals surface area contributed by atoms with Gasteiger partial charge >= 0.3 is 6.36 Å². The SMILES string of the molecule is O=c1cc(-c2cccc(OC(F)(F)F)c2)c(F)c[nH]1. The van der Waals surface area contributed by atoms with Crippen LogP contribution in [0.1, 0.15) is 0 Å². The third kappa shape index (κ3) is 3.34. The van der Waals surface area contributed by atoms with Crippen LogP contribution in [0.3, 0.4) is 0 Å². The predicted octanol–water partition coefficient (Wildman–Crippen LogP) is 3.08. The number of nitrogens with one attached hydrogen (secondary N) is 1. The van der Waals surface area contributed by atoms with E-state index in [1.807, 2.05) is 0 Å². The van der Waals surface area contributed by atoms with E-state index in [0.717, 1.165) is 24.4 Å². The molecule has 1 aromatic heterocycles. The average Bonchev–Trinajstić information content (AvgIpc) is 2.30. The number of hydrogen-bond donors (Lipinski definition) is 1. The van der Waals surface area contributed by atoms with Gasteiger partial charge in [0.25, 0.3) is 0 Å². The maximum atomic E-state index is 13.5. The van der Waals surface area contributed by atoms with Gasteiger partial charge in [-0.3, -0.25) is 4.79 Å². The second kappa shape index (κ2) is 4.75. The summed E-state index contributed by atoms with van der Waals surface area (Å²) in [4.78, 5) is 13.2. The number of benzene rings is 1. The number of aromatic amines is 1. The van der Waals surface area contributed by atoms with Crippen LogP contribution in [0.2, 0.25) is 0 Å². The second-order valence-corrected chi connectivity index (χ2v) is 3.63. The Hall–Kier alpha value is -2.31. The van der Waals surface area contributed by atoms with Crippen LogP contribution in [0.25, 0.3) is 11.1 Å². The number of alkyl halides is 3. The molecule has 0 atom stereocenters. The molecule has 0 radical (unpaired) electrons. The van der Waals surface area contributed by atoms with Crippen LogP contribution in [-0.4, -0.2) is 11.3 Å². The number of pyridine rings is 1. The van der Waals surface area contributed by atoms with Crippen molar-refractivity contribution < 1.29 is 22.3 Å². The largest absolute Gasteiger partial charge is 0.573 e. The normalized spacial score (nSPS) is 11.4. The number of aromatic nitrogens is 1. The second-order valence-electron chi connectivity index (χ2n) is 3.63. The molecule has 0 aliphatic rings. The quantitative estimate of drug-likeness (QED) is 0.854. The Morgan fingerprint density at radius 3 is 2.58 bits per heavy atom. The van der Waals surface area contributed by atoms with E-state index in [-0.39, 0.29) is 11.1 Å². The molecule has 2 aromatic rings. The standard InChI is InChI=1S/C12H7F4NO2/c13-10-6-17-11(18)5-9(10)7-2-1-3-8(4-7)19-12(14,15)16/h1-6H,(H,17,18). The number of ether oxygens (including phenoxy) is 1. The molecule has 0 aliphatic heterocycles. The molecular weight excluding hydrogens is 266 g/mol. The van der Waals surface area contributed by atoms with Crippen LogP contribution in [0.4, 0.5) is 17.6 Å². The maximum Gasteiger partial charge on any atom is 0.573 e. The highest BCUT2D eigenvalue weighted by Gasteiger charge is 2.31. The van der Waals surface area contributed by atoms with Crippen molar-refractivity contribution in [1.82, 2.24) is 4.98 Å². The first-order valence-electron chi connectivity index (χ1n) is 5.09. The third-order valence-corrected chi connectivity index (χ3v) is 2.25. The molecule has 7 heteroatoms. The lowest BCUT2D eigenvalue weighted by atomic mass is 10.1. The lowest BCUT2D eigenvalue weighted by molar-refractivity contribution is -0.274. The monoisotopic (exact) mass is 273 g/mol. The Morgan fingerprint density at radius 1 is 1.16 bits per heavy atom. The summed E-state index contributed by atoms with van der Waals surface area (Å²) in [5.41, 5.74) is -0.541. The topological polar surface area (TPSA) is 42.1 Å². The molecule has 0 spiro atoms. The smallest absolute Gasteiger partial charge is 0.406 e. The van der Waals surface area contributed by atoms with E-state index in [1.165, 1.54) is 12.1 Å². The van der Waals surface area contributed by atoms with Crippen molar-refractivity contribution in [2.24, 2.45) is 0 Å². The summed E-state index contributed by atoms with van der Waals surface area (Å²) in [6.45, 7) is 0. The highest BCUT2D eigenvalue weighted by atomic mass is 19.4. The van der Waals surface area contributed by atoms with E-state index in [2.05, 4.69) is 9.72 Å². The zero-order valence-corrected chi connectivity index (χ0v) is 9.29. The molecule has 0 aliphatic carbocycles. The minimum absolute atomic E-state index is 0.101. The van der Waals surface area contributed by atoms with E-state index in [4.69, 9.17) is 0 Å². The van der Waals surface area contributed by atoms with Gasteiger partial charge in [0.15, 0.2) is 0 Å². The summed E-state index contributed by atoms with van der Waals surface area (Å²) in [7, 11) is 0. The maximum absolute atomic E-state index is 13.5. The highest BCUT2D eigenvalue weighted by molar-refractivity contribution is 5.65. The number of hydrogen-bond acceptors (Lipinski definition) is 2. The van der Waals surface area contributed by atoms with Crippen molar-refractivity contribution in [3.63, 3.8) is 0 Å². The van der Waals surface area contributed by atoms with Gasteiger partial charge in [0.2, 0.25) is 5.56 Å². The van der Waals surface area contributed by atoms with Crippen molar-refractivity contribution in [1.29, 1.82) is 0 Å². The Kier molecular flexibility index (Phi) is 3.28. The van der Waals surface area contributed by atoms with E-state index in [0.29, 0.717) is 0 Å². The summed E-state index contributed by atoms with van der Waals surface area (Å²) >= 11 is 0. The van der Waals surface area contributed by atoms with Crippen LogP contribution in [0.15, 0.2) is 41.3 Å². The first-order chi connectivity index (χ1) is 8.85. The Morgan fingerprint density at radius 2 is 1.89 bits per heavy atom. The molecule has 1 N–H and O–H groups in total. The van der Waals surface area contributed by atoms with Gasteiger partial charge in [-0.05, 0) is 17.7 Å². The molecule has 0 saturated carbocycles. The van der Waals surface area contributed by atoms with E-state index in [1.54, 1.807) is 0 Å². The molecule has 0 bridgehead atoms. The van der Waals surface area contributed by atoms with Gasteiger partial charge in [0.1, 0.15) is 11.6 Å². The van der Waals surface area contributed by atoms with Crippen LogP contribution in [0, 0.1) is 5.82 Å². The fraction of sp³-hybridized carbons (Fsp3) is 0.0833. The minimum Gasteiger partial charge on any atom is -0.406 e. The van der Waals surface area contributed by atoms with Gasteiger partial charge in [-0.25, -0.2) is 4.39 Å². The molecule has 0 saturated heterocycles. The molecule has 100 valence electrons. The number of rotatable bonds is 2. The zero-order valence-electron chi connectivity index (χ0n) is 9.29. The molecule has 19 heavy (non-hydrogen) atoms. The summed E-state index contributed by atoms with van der Waals surface area (Å²) in [5.74, 6) is -1.23. The van der Waals surface area contributed by atoms with Crippen LogP contribution in [0.5, 0.6) is 5.75 Å². The molecular formula is C12H7F4NO2. The van der Waals surface area contributed by atoms with Crippen molar-refractivity contribution in [2.75, 3.05) is 0 Å². The van der Waals surface area contributed by atoms with Gasteiger partial charge in [-0.1, -0.05) is 12.1 Å². The fourth-order valence-corrected chi connectivity index (χ4v) is 1.54. The third-order valence-electron chi connectivity index (χ3n) is 2.25. The first kappa shape index (κ1) is 13.1. The number of H-pyrrole nitrogens is 1. The van der Waals surface area contributed by atoms with Crippen molar-refractivity contribution in [3.05, 3.63) is 52.7 Å². The van der Waals surface area contributed by atoms with Crippen molar-refractivity contribution >= 4 is 0 Å². The molecule has 0 unspecified atom stereocenters. The molecule has 0 fully saturated rings. The van der Waals surface area contributed by atoms with Gasteiger partial charge in [0, 0.05) is 17.8 Å². The Bertz CT molecular complexity index is 649. The zero-order chi connectivity index (χ0) is 14.0. The van der Waals surface area contributed by atoms with Crippen LogP contribution in [-0.2, 0) is 0 Å². The lowest BCUT2D eigenvalue weighted by Crippen LogP contribution is -2.17. The predicted molar refractivity (Wildman–Crippen MR) is 59.1 cm³/mol.